The first-order chi connectivity index (χ1) is 8.99. The largest absolute Gasteiger partial charge is 0.359 e. The van der Waals surface area contributed by atoms with Crippen molar-refractivity contribution in [2.45, 2.75) is 40.0 Å². The van der Waals surface area contributed by atoms with Gasteiger partial charge in [-0.05, 0) is 42.2 Å². The molecule has 0 fully saturated rings. The van der Waals surface area contributed by atoms with Gasteiger partial charge in [-0.15, -0.1) is 0 Å². The van der Waals surface area contributed by atoms with E-state index in [0.717, 1.165) is 30.2 Å². The second-order valence-corrected chi connectivity index (χ2v) is 6.66. The molecule has 0 aliphatic heterocycles. The molecule has 1 aliphatic rings. The van der Waals surface area contributed by atoms with E-state index in [2.05, 4.69) is 31.8 Å². The van der Waals surface area contributed by atoms with E-state index in [0.29, 0.717) is 16.9 Å². The Morgan fingerprint density at radius 1 is 1.42 bits per heavy atom. The summed E-state index contributed by atoms with van der Waals surface area (Å²) in [6, 6.07) is 2.18. The SMILES string of the molecule is CC(C)(C)C1CCc2nc3c(C=O)c[nH]c3cc2C1. The number of aromatic amines is 1. The Morgan fingerprint density at radius 3 is 2.89 bits per heavy atom. The smallest absolute Gasteiger partial charge is 0.153 e. The fourth-order valence-corrected chi connectivity index (χ4v) is 3.05. The van der Waals surface area contributed by atoms with Gasteiger partial charge in [-0.1, -0.05) is 20.8 Å². The maximum atomic E-state index is 11.0. The quantitative estimate of drug-likeness (QED) is 0.793. The van der Waals surface area contributed by atoms with Gasteiger partial charge in [-0.25, -0.2) is 0 Å². The maximum absolute atomic E-state index is 11.0. The van der Waals surface area contributed by atoms with Gasteiger partial charge in [0.2, 0.25) is 0 Å². The Balaban J connectivity index is 2.04. The zero-order valence-corrected chi connectivity index (χ0v) is 11.8. The van der Waals surface area contributed by atoms with Crippen LogP contribution in [-0.4, -0.2) is 16.3 Å². The molecule has 1 N–H and O–H groups in total. The first-order valence-corrected chi connectivity index (χ1v) is 6.94. The molecule has 0 bridgehead atoms. The van der Waals surface area contributed by atoms with Crippen molar-refractivity contribution in [3.05, 3.63) is 29.1 Å². The Bertz CT molecular complexity index is 634. The number of hydrogen-bond donors (Lipinski definition) is 1. The molecular formula is C16H20N2O. The van der Waals surface area contributed by atoms with E-state index in [1.165, 1.54) is 17.7 Å². The first kappa shape index (κ1) is 12.4. The molecule has 2 heterocycles. The molecule has 1 aliphatic carbocycles. The van der Waals surface area contributed by atoms with E-state index >= 15 is 0 Å². The molecule has 1 unspecified atom stereocenters. The lowest BCUT2D eigenvalue weighted by molar-refractivity contribution is 0.112. The van der Waals surface area contributed by atoms with Crippen molar-refractivity contribution in [2.24, 2.45) is 11.3 Å². The van der Waals surface area contributed by atoms with Crippen LogP contribution in [-0.2, 0) is 12.8 Å². The number of H-pyrrole nitrogens is 1. The fraction of sp³-hybridized carbons (Fsp3) is 0.500. The average molecular weight is 256 g/mol. The number of pyridine rings is 1. The van der Waals surface area contributed by atoms with Crippen LogP contribution in [0.15, 0.2) is 12.3 Å². The molecule has 19 heavy (non-hydrogen) atoms. The summed E-state index contributed by atoms with van der Waals surface area (Å²) in [5.41, 5.74) is 5.33. The number of carbonyl (C=O) groups is 1. The van der Waals surface area contributed by atoms with E-state index in [4.69, 9.17) is 4.98 Å². The highest BCUT2D eigenvalue weighted by Gasteiger charge is 2.29. The van der Waals surface area contributed by atoms with Gasteiger partial charge in [0.15, 0.2) is 6.29 Å². The molecule has 3 nitrogen and oxygen atoms in total. The van der Waals surface area contributed by atoms with Crippen LogP contribution in [0.3, 0.4) is 0 Å². The number of nitrogens with one attached hydrogen (secondary N) is 1. The lowest BCUT2D eigenvalue weighted by Gasteiger charge is -2.34. The minimum atomic E-state index is 0.344. The van der Waals surface area contributed by atoms with Gasteiger partial charge < -0.3 is 4.98 Å². The van der Waals surface area contributed by atoms with Crippen molar-refractivity contribution in [1.82, 2.24) is 9.97 Å². The van der Waals surface area contributed by atoms with E-state index in [-0.39, 0.29) is 0 Å². The second-order valence-electron chi connectivity index (χ2n) is 6.66. The summed E-state index contributed by atoms with van der Waals surface area (Å²) in [6.45, 7) is 6.94. The average Bonchev–Trinajstić information content (AvgIpc) is 2.76. The van der Waals surface area contributed by atoms with Crippen molar-refractivity contribution in [2.75, 3.05) is 0 Å². The van der Waals surface area contributed by atoms with Gasteiger partial charge >= 0.3 is 0 Å². The number of rotatable bonds is 1. The molecule has 0 amide bonds. The molecule has 0 spiro atoms. The van der Waals surface area contributed by atoms with Crippen molar-refractivity contribution in [1.29, 1.82) is 0 Å². The highest BCUT2D eigenvalue weighted by molar-refractivity contribution is 5.94. The topological polar surface area (TPSA) is 45.8 Å². The third-order valence-electron chi connectivity index (χ3n) is 4.40. The van der Waals surface area contributed by atoms with Crippen LogP contribution < -0.4 is 0 Å². The molecule has 2 aromatic heterocycles. The Kier molecular flexibility index (Phi) is 2.73. The summed E-state index contributed by atoms with van der Waals surface area (Å²) >= 11 is 0. The van der Waals surface area contributed by atoms with Crippen LogP contribution in [0.4, 0.5) is 0 Å². The van der Waals surface area contributed by atoms with Gasteiger partial charge in [0.25, 0.3) is 0 Å². The van der Waals surface area contributed by atoms with Crippen LogP contribution in [0.2, 0.25) is 0 Å². The number of aldehydes is 1. The van der Waals surface area contributed by atoms with Crippen LogP contribution in [0, 0.1) is 11.3 Å². The maximum Gasteiger partial charge on any atom is 0.153 e. The predicted molar refractivity (Wildman–Crippen MR) is 76.5 cm³/mol. The van der Waals surface area contributed by atoms with Gasteiger partial charge in [-0.3, -0.25) is 9.78 Å². The van der Waals surface area contributed by atoms with Crippen LogP contribution in [0.1, 0.15) is 48.8 Å². The first-order valence-electron chi connectivity index (χ1n) is 6.94. The van der Waals surface area contributed by atoms with Gasteiger partial charge in [0.1, 0.15) is 0 Å². The third kappa shape index (κ3) is 2.07. The zero-order valence-electron chi connectivity index (χ0n) is 11.8. The number of nitrogens with zero attached hydrogens (tertiary/aromatic N) is 1. The molecule has 0 saturated heterocycles. The number of fused-ring (bicyclic) bond motifs is 2. The van der Waals surface area contributed by atoms with E-state index in [1.54, 1.807) is 6.20 Å². The van der Waals surface area contributed by atoms with Crippen LogP contribution >= 0.6 is 0 Å². The van der Waals surface area contributed by atoms with Crippen molar-refractivity contribution >= 4 is 17.3 Å². The Morgan fingerprint density at radius 2 is 2.21 bits per heavy atom. The van der Waals surface area contributed by atoms with Gasteiger partial charge in [-0.2, -0.15) is 0 Å². The summed E-state index contributed by atoms with van der Waals surface area (Å²) in [4.78, 5) is 18.8. The minimum Gasteiger partial charge on any atom is -0.359 e. The molecule has 2 aromatic rings. The summed E-state index contributed by atoms with van der Waals surface area (Å²) in [5.74, 6) is 0.708. The highest BCUT2D eigenvalue weighted by Crippen LogP contribution is 2.37. The zero-order chi connectivity index (χ0) is 13.6. The number of carbonyl (C=O) groups excluding carboxylic acids is 1. The number of aryl methyl sites for hydroxylation is 1. The monoisotopic (exact) mass is 256 g/mol. The van der Waals surface area contributed by atoms with Gasteiger partial charge in [0.05, 0.1) is 16.6 Å². The number of aromatic nitrogens is 2. The standard InChI is InChI=1S/C16H20N2O/c1-16(2,3)12-4-5-13-10(6-12)7-14-15(18-13)11(9-19)8-17-14/h7-9,12,17H,4-6H2,1-3H3. The molecule has 0 saturated carbocycles. The fourth-order valence-electron chi connectivity index (χ4n) is 3.05. The summed E-state index contributed by atoms with van der Waals surface area (Å²) in [6.07, 6.45) is 5.93. The van der Waals surface area contributed by atoms with Gasteiger partial charge in [0, 0.05) is 11.9 Å². The summed E-state index contributed by atoms with van der Waals surface area (Å²) in [5, 5.41) is 0. The highest BCUT2D eigenvalue weighted by atomic mass is 16.1. The molecular weight excluding hydrogens is 236 g/mol. The van der Waals surface area contributed by atoms with Crippen molar-refractivity contribution in [3.63, 3.8) is 0 Å². The lowest BCUT2D eigenvalue weighted by Crippen LogP contribution is -2.27. The van der Waals surface area contributed by atoms with Crippen molar-refractivity contribution in [3.8, 4) is 0 Å². The van der Waals surface area contributed by atoms with E-state index < -0.39 is 0 Å². The summed E-state index contributed by atoms with van der Waals surface area (Å²) in [7, 11) is 0. The molecule has 1 atom stereocenters. The minimum absolute atomic E-state index is 0.344. The van der Waals surface area contributed by atoms with Crippen LogP contribution in [0.25, 0.3) is 11.0 Å². The van der Waals surface area contributed by atoms with Crippen LogP contribution in [0.5, 0.6) is 0 Å². The second kappa shape index (κ2) is 4.19. The normalized spacial score (nSPS) is 19.4. The Hall–Kier alpha value is -1.64. The molecule has 0 aromatic carbocycles. The predicted octanol–water partition coefficient (Wildman–Crippen LogP) is 3.53. The summed E-state index contributed by atoms with van der Waals surface area (Å²) < 4.78 is 0. The molecule has 3 rings (SSSR count). The Labute approximate surface area is 113 Å². The number of hydrogen-bond acceptors (Lipinski definition) is 2. The lowest BCUT2D eigenvalue weighted by atomic mass is 9.71. The van der Waals surface area contributed by atoms with E-state index in [9.17, 15) is 4.79 Å². The third-order valence-corrected chi connectivity index (χ3v) is 4.40. The van der Waals surface area contributed by atoms with E-state index in [1.807, 2.05) is 0 Å². The molecule has 3 heteroatoms. The molecule has 0 radical (unpaired) electrons. The molecule has 100 valence electrons. The van der Waals surface area contributed by atoms with Crippen molar-refractivity contribution < 1.29 is 4.79 Å².